The van der Waals surface area contributed by atoms with Gasteiger partial charge in [0, 0.05) is 24.6 Å². The minimum atomic E-state index is -0.747. The zero-order valence-corrected chi connectivity index (χ0v) is 11.2. The number of thioether (sulfide) groups is 1. The van der Waals surface area contributed by atoms with E-state index in [4.69, 9.17) is 10.5 Å². The monoisotopic (exact) mass is 254 g/mol. The summed E-state index contributed by atoms with van der Waals surface area (Å²) in [6.45, 7) is 3.66. The van der Waals surface area contributed by atoms with Crippen LogP contribution in [-0.4, -0.2) is 22.9 Å². The van der Waals surface area contributed by atoms with E-state index < -0.39 is 11.7 Å². The van der Waals surface area contributed by atoms with E-state index in [1.807, 2.05) is 26.3 Å². The number of pyridine rings is 1. The number of nitrogens with zero attached hydrogens (tertiary/aromatic N) is 1. The van der Waals surface area contributed by atoms with E-state index in [1.165, 1.54) is 5.56 Å². The van der Waals surface area contributed by atoms with Gasteiger partial charge in [-0.2, -0.15) is 11.8 Å². The number of carbonyl (C=O) groups excluding carboxylic acids is 1. The van der Waals surface area contributed by atoms with Gasteiger partial charge < -0.3 is 10.5 Å². The number of primary amides is 1. The van der Waals surface area contributed by atoms with Crippen LogP contribution < -0.4 is 5.73 Å². The molecule has 0 unspecified atom stereocenters. The van der Waals surface area contributed by atoms with Crippen LogP contribution in [0.5, 0.6) is 0 Å². The first kappa shape index (κ1) is 13.8. The third-order valence-corrected chi connectivity index (χ3v) is 2.79. The van der Waals surface area contributed by atoms with Gasteiger partial charge in [0.25, 0.3) is 0 Å². The number of rotatable bonds is 5. The van der Waals surface area contributed by atoms with Gasteiger partial charge in [0.2, 0.25) is 0 Å². The Labute approximate surface area is 106 Å². The molecule has 0 atom stereocenters. The van der Waals surface area contributed by atoms with Gasteiger partial charge in [-0.1, -0.05) is 6.07 Å². The van der Waals surface area contributed by atoms with Crippen LogP contribution in [0.15, 0.2) is 18.5 Å². The van der Waals surface area contributed by atoms with Gasteiger partial charge in [-0.05, 0) is 31.2 Å². The molecule has 0 aromatic carbocycles. The average molecular weight is 254 g/mol. The maximum absolute atomic E-state index is 10.8. The predicted octanol–water partition coefficient (Wildman–Crippen LogP) is 2.36. The number of carbonyl (C=O) groups is 1. The average Bonchev–Trinajstić information content (AvgIpc) is 2.15. The maximum atomic E-state index is 10.8. The first-order valence-corrected chi connectivity index (χ1v) is 6.72. The van der Waals surface area contributed by atoms with Gasteiger partial charge in [0.1, 0.15) is 5.60 Å². The quantitative estimate of drug-likeness (QED) is 0.876. The molecule has 2 N–H and O–H groups in total. The van der Waals surface area contributed by atoms with Crippen LogP contribution in [0.1, 0.15) is 25.0 Å². The van der Waals surface area contributed by atoms with E-state index in [9.17, 15) is 4.79 Å². The van der Waals surface area contributed by atoms with Crippen molar-refractivity contribution in [3.8, 4) is 0 Å². The van der Waals surface area contributed by atoms with Gasteiger partial charge in [0.05, 0.1) is 0 Å². The van der Waals surface area contributed by atoms with Gasteiger partial charge in [-0.15, -0.1) is 0 Å². The summed E-state index contributed by atoms with van der Waals surface area (Å²) in [4.78, 5) is 14.9. The highest BCUT2D eigenvalue weighted by Gasteiger charge is 2.22. The topological polar surface area (TPSA) is 65.2 Å². The second-order valence-corrected chi connectivity index (χ2v) is 5.36. The Balaban J connectivity index is 2.73. The van der Waals surface area contributed by atoms with Crippen molar-refractivity contribution in [2.45, 2.75) is 31.6 Å². The number of amides is 1. The fourth-order valence-electron chi connectivity index (χ4n) is 1.68. The zero-order chi connectivity index (χ0) is 12.9. The number of ether oxygens (including phenoxy) is 1. The summed E-state index contributed by atoms with van der Waals surface area (Å²) in [5.74, 6) is 0.929. The highest BCUT2D eigenvalue weighted by atomic mass is 32.2. The minimum absolute atomic E-state index is 0.602. The molecular formula is C12H18N2O2S. The van der Waals surface area contributed by atoms with Crippen LogP contribution in [0.4, 0.5) is 4.79 Å². The first-order valence-electron chi connectivity index (χ1n) is 5.33. The molecule has 0 saturated heterocycles. The molecule has 0 aliphatic carbocycles. The second-order valence-electron chi connectivity index (χ2n) is 4.49. The number of hydrogen-bond donors (Lipinski definition) is 1. The summed E-state index contributed by atoms with van der Waals surface area (Å²) in [6, 6.07) is 2.08. The number of nitrogens with two attached hydrogens (primary N) is 1. The van der Waals surface area contributed by atoms with Gasteiger partial charge in [0.15, 0.2) is 0 Å². The molecule has 5 heteroatoms. The third kappa shape index (κ3) is 5.08. The molecule has 1 amide bonds. The van der Waals surface area contributed by atoms with E-state index >= 15 is 0 Å². The molecule has 0 spiro atoms. The lowest BCUT2D eigenvalue weighted by atomic mass is 9.99. The largest absolute Gasteiger partial charge is 0.443 e. The van der Waals surface area contributed by atoms with Crippen LogP contribution in [0.3, 0.4) is 0 Å². The molecule has 17 heavy (non-hydrogen) atoms. The Morgan fingerprint density at radius 2 is 2.12 bits per heavy atom. The van der Waals surface area contributed by atoms with Gasteiger partial charge in [-0.25, -0.2) is 4.79 Å². The first-order chi connectivity index (χ1) is 7.93. The standard InChI is InChI=1S/C12H18N2O2S/c1-12(2,16-11(13)15)5-9-4-10(8-17-3)7-14-6-9/h4,6-7H,5,8H2,1-3H3,(H2,13,15). The summed E-state index contributed by atoms with van der Waals surface area (Å²) in [5.41, 5.74) is 6.64. The SMILES string of the molecule is CSCc1cncc(CC(C)(C)OC(N)=O)c1. The molecule has 0 radical (unpaired) electrons. The number of hydrogen-bond acceptors (Lipinski definition) is 4. The Kier molecular flexibility index (Phi) is 4.81. The van der Waals surface area contributed by atoms with Crippen molar-refractivity contribution >= 4 is 17.9 Å². The van der Waals surface area contributed by atoms with Crippen LogP contribution >= 0.6 is 11.8 Å². The highest BCUT2D eigenvalue weighted by Crippen LogP contribution is 2.18. The Bertz CT molecular complexity index is 394. The maximum Gasteiger partial charge on any atom is 0.405 e. The van der Waals surface area contributed by atoms with E-state index in [-0.39, 0.29) is 0 Å². The molecule has 0 aliphatic rings. The predicted molar refractivity (Wildman–Crippen MR) is 69.9 cm³/mol. The molecule has 1 rings (SSSR count). The van der Waals surface area contributed by atoms with Crippen LogP contribution in [0.2, 0.25) is 0 Å². The Morgan fingerprint density at radius 1 is 1.47 bits per heavy atom. The molecule has 94 valence electrons. The van der Waals surface area contributed by atoms with Crippen molar-refractivity contribution in [3.05, 3.63) is 29.6 Å². The summed E-state index contributed by atoms with van der Waals surface area (Å²) >= 11 is 1.75. The minimum Gasteiger partial charge on any atom is -0.443 e. The second kappa shape index (κ2) is 5.91. The number of aromatic nitrogens is 1. The molecule has 0 aliphatic heterocycles. The molecule has 4 nitrogen and oxygen atoms in total. The van der Waals surface area contributed by atoms with Crippen molar-refractivity contribution in [3.63, 3.8) is 0 Å². The van der Waals surface area contributed by atoms with E-state index in [1.54, 1.807) is 18.0 Å². The fourth-order valence-corrected chi connectivity index (χ4v) is 2.17. The van der Waals surface area contributed by atoms with Crippen molar-refractivity contribution in [1.29, 1.82) is 0 Å². The smallest absolute Gasteiger partial charge is 0.405 e. The molecule has 0 saturated carbocycles. The Morgan fingerprint density at radius 3 is 2.71 bits per heavy atom. The summed E-state index contributed by atoms with van der Waals surface area (Å²) in [7, 11) is 0. The van der Waals surface area contributed by atoms with Crippen molar-refractivity contribution < 1.29 is 9.53 Å². The molecule has 1 aromatic heterocycles. The lowest BCUT2D eigenvalue weighted by Gasteiger charge is -2.23. The molecular weight excluding hydrogens is 236 g/mol. The lowest BCUT2D eigenvalue weighted by molar-refractivity contribution is 0.0460. The lowest BCUT2D eigenvalue weighted by Crippen LogP contribution is -2.33. The molecule has 0 bridgehead atoms. The van der Waals surface area contributed by atoms with Crippen molar-refractivity contribution in [2.24, 2.45) is 5.73 Å². The van der Waals surface area contributed by atoms with E-state index in [0.29, 0.717) is 6.42 Å². The summed E-state index contributed by atoms with van der Waals surface area (Å²) in [5, 5.41) is 0. The van der Waals surface area contributed by atoms with Crippen LogP contribution in [-0.2, 0) is 16.9 Å². The third-order valence-electron chi connectivity index (χ3n) is 2.17. The van der Waals surface area contributed by atoms with E-state index in [2.05, 4.69) is 11.1 Å². The summed E-state index contributed by atoms with van der Waals surface area (Å²) in [6.07, 6.45) is 5.54. The molecule has 1 aromatic rings. The van der Waals surface area contributed by atoms with Crippen molar-refractivity contribution in [2.75, 3.05) is 6.26 Å². The van der Waals surface area contributed by atoms with Crippen LogP contribution in [0.25, 0.3) is 0 Å². The van der Waals surface area contributed by atoms with Gasteiger partial charge in [-0.3, -0.25) is 4.98 Å². The van der Waals surface area contributed by atoms with Gasteiger partial charge >= 0.3 is 6.09 Å². The van der Waals surface area contributed by atoms with Crippen molar-refractivity contribution in [1.82, 2.24) is 4.98 Å². The normalized spacial score (nSPS) is 11.2. The van der Waals surface area contributed by atoms with Crippen LogP contribution in [0, 0.1) is 0 Å². The molecule has 0 fully saturated rings. The zero-order valence-electron chi connectivity index (χ0n) is 10.4. The summed E-state index contributed by atoms with van der Waals surface area (Å²) < 4.78 is 5.05. The molecule has 1 heterocycles. The fraction of sp³-hybridized carbons (Fsp3) is 0.500. The Hall–Kier alpha value is -1.23. The van der Waals surface area contributed by atoms with E-state index in [0.717, 1.165) is 11.3 Å². The highest BCUT2D eigenvalue weighted by molar-refractivity contribution is 7.97.